The number of anilines is 1. The Kier molecular flexibility index (Phi) is 8.66. The number of hydrogen-bond donors (Lipinski definition) is 1. The molecule has 1 aliphatic heterocycles. The van der Waals surface area contributed by atoms with Crippen molar-refractivity contribution in [3.05, 3.63) is 65.5 Å². The van der Waals surface area contributed by atoms with E-state index in [4.69, 9.17) is 0 Å². The zero-order valence-corrected chi connectivity index (χ0v) is 16.2. The van der Waals surface area contributed by atoms with Gasteiger partial charge in [-0.25, -0.2) is 4.39 Å². The van der Waals surface area contributed by atoms with E-state index < -0.39 is 0 Å². The van der Waals surface area contributed by atoms with Crippen molar-refractivity contribution >= 4 is 30.5 Å². The second-order valence-electron chi connectivity index (χ2n) is 6.27. The fraction of sp³-hybridized carbons (Fsp3) is 0.368. The quantitative estimate of drug-likeness (QED) is 0.861. The first-order valence-electron chi connectivity index (χ1n) is 8.10. The van der Waals surface area contributed by atoms with Gasteiger partial charge in [0.2, 0.25) is 0 Å². The van der Waals surface area contributed by atoms with E-state index in [1.165, 1.54) is 17.3 Å². The van der Waals surface area contributed by atoms with Gasteiger partial charge >= 0.3 is 0 Å². The summed E-state index contributed by atoms with van der Waals surface area (Å²) < 4.78 is 13.6. The van der Waals surface area contributed by atoms with E-state index in [1.54, 1.807) is 12.1 Å². The molecule has 2 aromatic rings. The van der Waals surface area contributed by atoms with Crippen molar-refractivity contribution < 1.29 is 4.39 Å². The van der Waals surface area contributed by atoms with E-state index in [1.807, 2.05) is 6.07 Å². The Labute approximate surface area is 162 Å². The predicted octanol–water partition coefficient (Wildman–Crippen LogP) is 3.88. The average Bonchev–Trinajstić information content (AvgIpc) is 2.56. The SMILES string of the molecule is CN(C)c1ccccc1CN1CCNCC1c1cccc(F)c1.Cl.Cl. The smallest absolute Gasteiger partial charge is 0.123 e. The Hall–Kier alpha value is -1.33. The van der Waals surface area contributed by atoms with Crippen LogP contribution in [0, 0.1) is 5.82 Å². The van der Waals surface area contributed by atoms with Crippen LogP contribution >= 0.6 is 24.8 Å². The summed E-state index contributed by atoms with van der Waals surface area (Å²) in [5.41, 5.74) is 3.59. The van der Waals surface area contributed by atoms with Crippen LogP contribution in [0.25, 0.3) is 0 Å². The van der Waals surface area contributed by atoms with Gasteiger partial charge in [-0.3, -0.25) is 4.90 Å². The first-order chi connectivity index (χ1) is 11.1. The number of rotatable bonds is 4. The average molecular weight is 386 g/mol. The number of nitrogens with zero attached hydrogens (tertiary/aromatic N) is 2. The maximum absolute atomic E-state index is 13.6. The Balaban J connectivity index is 0.00000156. The summed E-state index contributed by atoms with van der Waals surface area (Å²) in [6.45, 7) is 3.66. The summed E-state index contributed by atoms with van der Waals surface area (Å²) in [4.78, 5) is 4.59. The standard InChI is InChI=1S/C19H24FN3.2ClH/c1-22(2)18-9-4-3-6-16(18)14-23-11-10-21-13-19(23)15-7-5-8-17(20)12-15;;/h3-9,12,19,21H,10-11,13-14H2,1-2H3;2*1H. The Bertz CT molecular complexity index is 667. The molecular formula is C19H26Cl2FN3. The molecule has 1 atom stereocenters. The highest BCUT2D eigenvalue weighted by atomic mass is 35.5. The summed E-state index contributed by atoms with van der Waals surface area (Å²) in [7, 11) is 4.14. The third kappa shape index (κ3) is 5.32. The zero-order valence-electron chi connectivity index (χ0n) is 14.6. The van der Waals surface area contributed by atoms with Crippen molar-refractivity contribution in [1.82, 2.24) is 10.2 Å². The number of piperazine rings is 1. The van der Waals surface area contributed by atoms with Gasteiger partial charge < -0.3 is 10.2 Å². The van der Waals surface area contributed by atoms with Crippen molar-refractivity contribution in [3.8, 4) is 0 Å². The maximum Gasteiger partial charge on any atom is 0.123 e. The molecule has 2 aromatic carbocycles. The monoisotopic (exact) mass is 385 g/mol. The minimum atomic E-state index is -0.165. The molecular weight excluding hydrogens is 360 g/mol. The third-order valence-corrected chi connectivity index (χ3v) is 4.43. The third-order valence-electron chi connectivity index (χ3n) is 4.43. The normalized spacial score (nSPS) is 17.3. The van der Waals surface area contributed by atoms with Gasteiger partial charge in [0.05, 0.1) is 0 Å². The summed E-state index contributed by atoms with van der Waals surface area (Å²) in [6.07, 6.45) is 0. The van der Waals surface area contributed by atoms with E-state index in [-0.39, 0.29) is 36.7 Å². The molecule has 6 heteroatoms. The first kappa shape index (κ1) is 21.7. The van der Waals surface area contributed by atoms with Crippen LogP contribution in [0.15, 0.2) is 48.5 Å². The molecule has 0 spiro atoms. The summed E-state index contributed by atoms with van der Waals surface area (Å²) in [6, 6.07) is 15.7. The highest BCUT2D eigenvalue weighted by Crippen LogP contribution is 2.27. The van der Waals surface area contributed by atoms with Crippen LogP contribution in [0.3, 0.4) is 0 Å². The highest BCUT2D eigenvalue weighted by Gasteiger charge is 2.24. The maximum atomic E-state index is 13.6. The van der Waals surface area contributed by atoms with E-state index in [0.29, 0.717) is 0 Å². The van der Waals surface area contributed by atoms with E-state index >= 15 is 0 Å². The van der Waals surface area contributed by atoms with Gasteiger partial charge in [-0.15, -0.1) is 24.8 Å². The van der Waals surface area contributed by atoms with E-state index in [9.17, 15) is 4.39 Å². The molecule has 1 aliphatic rings. The largest absolute Gasteiger partial charge is 0.377 e. The molecule has 138 valence electrons. The molecule has 0 aliphatic carbocycles. The Morgan fingerprint density at radius 2 is 1.88 bits per heavy atom. The lowest BCUT2D eigenvalue weighted by atomic mass is 10.0. The molecule has 1 unspecified atom stereocenters. The van der Waals surface area contributed by atoms with Crippen LogP contribution in [0.2, 0.25) is 0 Å². The van der Waals surface area contributed by atoms with Crippen LogP contribution in [-0.4, -0.2) is 38.6 Å². The van der Waals surface area contributed by atoms with Crippen molar-refractivity contribution in [3.63, 3.8) is 0 Å². The summed E-state index contributed by atoms with van der Waals surface area (Å²) in [5.74, 6) is -0.165. The van der Waals surface area contributed by atoms with Crippen LogP contribution in [-0.2, 0) is 6.54 Å². The minimum absolute atomic E-state index is 0. The Morgan fingerprint density at radius 3 is 2.60 bits per heavy atom. The molecule has 0 radical (unpaired) electrons. The van der Waals surface area contributed by atoms with Crippen molar-refractivity contribution in [2.75, 3.05) is 38.6 Å². The van der Waals surface area contributed by atoms with Gasteiger partial charge in [-0.2, -0.15) is 0 Å². The first-order valence-corrected chi connectivity index (χ1v) is 8.10. The van der Waals surface area contributed by atoms with Crippen LogP contribution in [0.4, 0.5) is 10.1 Å². The van der Waals surface area contributed by atoms with Gasteiger partial charge in [0.25, 0.3) is 0 Å². The molecule has 1 saturated heterocycles. The van der Waals surface area contributed by atoms with Gasteiger partial charge in [-0.05, 0) is 29.3 Å². The van der Waals surface area contributed by atoms with Crippen molar-refractivity contribution in [2.24, 2.45) is 0 Å². The molecule has 0 saturated carbocycles. The van der Waals surface area contributed by atoms with Gasteiger partial charge in [0.1, 0.15) is 5.82 Å². The molecule has 1 heterocycles. The number of benzene rings is 2. The number of hydrogen-bond acceptors (Lipinski definition) is 3. The highest BCUT2D eigenvalue weighted by molar-refractivity contribution is 5.85. The number of nitrogens with one attached hydrogen (secondary N) is 1. The topological polar surface area (TPSA) is 18.5 Å². The van der Waals surface area contributed by atoms with Gasteiger partial charge in [-0.1, -0.05) is 30.3 Å². The summed E-state index contributed by atoms with van der Waals surface area (Å²) >= 11 is 0. The van der Waals surface area contributed by atoms with Crippen molar-refractivity contribution in [1.29, 1.82) is 0 Å². The lowest BCUT2D eigenvalue weighted by molar-refractivity contribution is 0.153. The second kappa shape index (κ2) is 9.97. The second-order valence-corrected chi connectivity index (χ2v) is 6.27. The van der Waals surface area contributed by atoms with E-state index in [2.05, 4.69) is 53.5 Å². The molecule has 3 rings (SSSR count). The predicted molar refractivity (Wildman–Crippen MR) is 108 cm³/mol. The lowest BCUT2D eigenvalue weighted by Gasteiger charge is -2.37. The molecule has 3 nitrogen and oxygen atoms in total. The molecule has 1 fully saturated rings. The number of para-hydroxylation sites is 1. The van der Waals surface area contributed by atoms with E-state index in [0.717, 1.165) is 31.7 Å². The molecule has 1 N–H and O–H groups in total. The molecule has 0 bridgehead atoms. The van der Waals surface area contributed by atoms with Gasteiger partial charge in [0.15, 0.2) is 0 Å². The fourth-order valence-corrected chi connectivity index (χ4v) is 3.28. The minimum Gasteiger partial charge on any atom is -0.377 e. The van der Waals surface area contributed by atoms with Gasteiger partial charge in [0, 0.05) is 52.0 Å². The molecule has 25 heavy (non-hydrogen) atoms. The number of halogens is 3. The Morgan fingerprint density at radius 1 is 1.12 bits per heavy atom. The van der Waals surface area contributed by atoms with Crippen LogP contribution in [0.5, 0.6) is 0 Å². The van der Waals surface area contributed by atoms with Crippen molar-refractivity contribution in [2.45, 2.75) is 12.6 Å². The molecule has 0 amide bonds. The van der Waals surface area contributed by atoms with Crippen LogP contribution < -0.4 is 10.2 Å². The zero-order chi connectivity index (χ0) is 16.2. The van der Waals surface area contributed by atoms with Crippen LogP contribution in [0.1, 0.15) is 17.2 Å². The molecule has 0 aromatic heterocycles. The fourth-order valence-electron chi connectivity index (χ4n) is 3.28. The summed E-state index contributed by atoms with van der Waals surface area (Å²) in [5, 5.41) is 3.43. The lowest BCUT2D eigenvalue weighted by Crippen LogP contribution is -2.45.